The maximum Gasteiger partial charge on any atom is 0.339 e. The van der Waals surface area contributed by atoms with E-state index in [0.29, 0.717) is 18.0 Å². The average Bonchev–Trinajstić information content (AvgIpc) is 2.77. The van der Waals surface area contributed by atoms with Crippen LogP contribution in [0.15, 0.2) is 77.7 Å². The van der Waals surface area contributed by atoms with Crippen LogP contribution in [0.4, 0.5) is 5.69 Å². The lowest BCUT2D eigenvalue weighted by molar-refractivity contribution is 0.0693. The molecule has 0 saturated carbocycles. The number of rotatable bonds is 8. The molecule has 156 valence electrons. The van der Waals surface area contributed by atoms with Crippen LogP contribution in [-0.4, -0.2) is 33.7 Å². The topological polar surface area (TPSA) is 93.1 Å². The zero-order valence-corrected chi connectivity index (χ0v) is 17.3. The number of carbonyl (C=O) groups is 1. The first-order valence-corrected chi connectivity index (χ1v) is 10.4. The van der Waals surface area contributed by atoms with E-state index >= 15 is 0 Å². The monoisotopic (exact) mass is 427 g/mol. The fraction of sp³-hybridized carbons (Fsp3) is 0.136. The van der Waals surface area contributed by atoms with Gasteiger partial charge in [0, 0.05) is 7.05 Å². The van der Waals surface area contributed by atoms with Gasteiger partial charge < -0.3 is 14.6 Å². The fourth-order valence-electron chi connectivity index (χ4n) is 2.80. The molecule has 3 rings (SSSR count). The van der Waals surface area contributed by atoms with E-state index in [1.165, 1.54) is 26.3 Å². The van der Waals surface area contributed by atoms with Crippen molar-refractivity contribution in [3.63, 3.8) is 0 Å². The quantitative estimate of drug-likeness (QED) is 0.588. The summed E-state index contributed by atoms with van der Waals surface area (Å²) >= 11 is 0. The van der Waals surface area contributed by atoms with Crippen molar-refractivity contribution in [2.45, 2.75) is 11.5 Å². The van der Waals surface area contributed by atoms with Crippen LogP contribution in [0.3, 0.4) is 0 Å². The van der Waals surface area contributed by atoms with Crippen molar-refractivity contribution in [3.8, 4) is 11.5 Å². The fourth-order valence-corrected chi connectivity index (χ4v) is 4.03. The lowest BCUT2D eigenvalue weighted by Crippen LogP contribution is -2.26. The van der Waals surface area contributed by atoms with Crippen molar-refractivity contribution in [2.75, 3.05) is 18.5 Å². The molecule has 3 aromatic carbocycles. The molecule has 7 nitrogen and oxygen atoms in total. The van der Waals surface area contributed by atoms with E-state index in [1.807, 2.05) is 30.3 Å². The summed E-state index contributed by atoms with van der Waals surface area (Å²) in [6.07, 6.45) is 0. The molecule has 0 atom stereocenters. The van der Waals surface area contributed by atoms with E-state index in [4.69, 9.17) is 9.47 Å². The van der Waals surface area contributed by atoms with Crippen LogP contribution >= 0.6 is 0 Å². The number of nitrogens with zero attached hydrogens (tertiary/aromatic N) is 1. The maximum atomic E-state index is 13.0. The summed E-state index contributed by atoms with van der Waals surface area (Å²) in [7, 11) is -1.24. The molecule has 0 amide bonds. The Kier molecular flexibility index (Phi) is 6.27. The van der Waals surface area contributed by atoms with Crippen molar-refractivity contribution >= 4 is 21.7 Å². The SMILES string of the molecule is COc1ccc(S(=O)(=O)N(C)c2ccc(OCc3ccccc3)cc2)cc1C(=O)O. The molecule has 0 radical (unpaired) electrons. The Balaban J connectivity index is 1.79. The van der Waals surface area contributed by atoms with Crippen molar-refractivity contribution in [1.82, 2.24) is 0 Å². The number of ether oxygens (including phenoxy) is 2. The summed E-state index contributed by atoms with van der Waals surface area (Å²) in [5.74, 6) is -0.582. The van der Waals surface area contributed by atoms with E-state index in [9.17, 15) is 18.3 Å². The Labute approximate surface area is 175 Å². The first kappa shape index (κ1) is 21.2. The molecule has 0 saturated heterocycles. The van der Waals surface area contributed by atoms with Crippen LogP contribution in [0, 0.1) is 0 Å². The van der Waals surface area contributed by atoms with Crippen molar-refractivity contribution in [3.05, 3.63) is 83.9 Å². The lowest BCUT2D eigenvalue weighted by Gasteiger charge is -2.20. The Hall–Kier alpha value is -3.52. The number of anilines is 1. The standard InChI is InChI=1S/C22H21NO6S/c1-23(30(26,27)19-12-13-21(28-2)20(14-19)22(24)25)17-8-10-18(11-9-17)29-15-16-6-4-3-5-7-16/h3-14H,15H2,1-2H3,(H,24,25). The number of sulfonamides is 1. The second-order valence-electron chi connectivity index (χ2n) is 6.41. The number of benzene rings is 3. The molecule has 0 bridgehead atoms. The maximum absolute atomic E-state index is 13.0. The van der Waals surface area contributed by atoms with Gasteiger partial charge in [-0.25, -0.2) is 13.2 Å². The van der Waals surface area contributed by atoms with Crippen LogP contribution in [0.1, 0.15) is 15.9 Å². The number of hydrogen-bond donors (Lipinski definition) is 1. The molecule has 0 spiro atoms. The van der Waals surface area contributed by atoms with E-state index in [1.54, 1.807) is 24.3 Å². The van der Waals surface area contributed by atoms with Gasteiger partial charge in [0.25, 0.3) is 10.0 Å². The van der Waals surface area contributed by atoms with Gasteiger partial charge >= 0.3 is 5.97 Å². The molecule has 3 aromatic rings. The Morgan fingerprint density at radius 2 is 1.67 bits per heavy atom. The lowest BCUT2D eigenvalue weighted by atomic mass is 10.2. The van der Waals surface area contributed by atoms with Crippen LogP contribution in [0.2, 0.25) is 0 Å². The van der Waals surface area contributed by atoms with Gasteiger partial charge in [0.05, 0.1) is 17.7 Å². The Bertz CT molecular complexity index is 1130. The molecule has 0 aliphatic heterocycles. The van der Waals surface area contributed by atoms with E-state index < -0.39 is 16.0 Å². The first-order chi connectivity index (χ1) is 14.3. The highest BCUT2D eigenvalue weighted by Gasteiger charge is 2.24. The normalized spacial score (nSPS) is 11.0. The van der Waals surface area contributed by atoms with Gasteiger partial charge in [-0.15, -0.1) is 0 Å². The molecule has 0 aromatic heterocycles. The van der Waals surface area contributed by atoms with Crippen molar-refractivity contribution < 1.29 is 27.8 Å². The average molecular weight is 427 g/mol. The molecular weight excluding hydrogens is 406 g/mol. The van der Waals surface area contributed by atoms with Gasteiger partial charge in [-0.1, -0.05) is 30.3 Å². The number of methoxy groups -OCH3 is 1. The first-order valence-electron chi connectivity index (χ1n) is 9.00. The zero-order chi connectivity index (χ0) is 21.7. The highest BCUT2D eigenvalue weighted by Crippen LogP contribution is 2.28. The highest BCUT2D eigenvalue weighted by atomic mass is 32.2. The third-order valence-corrected chi connectivity index (χ3v) is 6.29. The number of carboxylic acid groups (broad SMARTS) is 1. The number of carboxylic acids is 1. The highest BCUT2D eigenvalue weighted by molar-refractivity contribution is 7.92. The van der Waals surface area contributed by atoms with Gasteiger partial charge in [0.2, 0.25) is 0 Å². The predicted molar refractivity (Wildman–Crippen MR) is 113 cm³/mol. The minimum Gasteiger partial charge on any atom is -0.496 e. The minimum atomic E-state index is -3.97. The summed E-state index contributed by atoms with van der Waals surface area (Å²) in [5, 5.41) is 9.30. The molecule has 1 N–H and O–H groups in total. The van der Waals surface area contributed by atoms with Crippen molar-refractivity contribution in [1.29, 1.82) is 0 Å². The summed E-state index contributed by atoms with van der Waals surface area (Å²) in [6, 6.07) is 20.0. The van der Waals surface area contributed by atoms with E-state index in [-0.39, 0.29) is 16.2 Å². The largest absolute Gasteiger partial charge is 0.496 e. The molecule has 0 heterocycles. The third kappa shape index (κ3) is 4.55. The van der Waals surface area contributed by atoms with Gasteiger partial charge in [-0.3, -0.25) is 4.31 Å². The van der Waals surface area contributed by atoms with Gasteiger partial charge in [0.15, 0.2) is 0 Å². The second kappa shape index (κ2) is 8.87. The molecule has 30 heavy (non-hydrogen) atoms. The Morgan fingerprint density at radius 1 is 1.00 bits per heavy atom. The van der Waals surface area contributed by atoms with Gasteiger partial charge in [-0.2, -0.15) is 0 Å². The van der Waals surface area contributed by atoms with Crippen LogP contribution in [0.5, 0.6) is 11.5 Å². The zero-order valence-electron chi connectivity index (χ0n) is 16.5. The molecule has 0 aliphatic carbocycles. The smallest absolute Gasteiger partial charge is 0.339 e. The van der Waals surface area contributed by atoms with Crippen molar-refractivity contribution in [2.24, 2.45) is 0 Å². The summed E-state index contributed by atoms with van der Waals surface area (Å²) in [5.41, 5.74) is 1.21. The summed E-state index contributed by atoms with van der Waals surface area (Å²) in [6.45, 7) is 0.401. The molecule has 0 unspecified atom stereocenters. The van der Waals surface area contributed by atoms with E-state index in [2.05, 4.69) is 0 Å². The van der Waals surface area contributed by atoms with Crippen LogP contribution in [0.25, 0.3) is 0 Å². The minimum absolute atomic E-state index is 0.0871. The van der Waals surface area contributed by atoms with Crippen LogP contribution in [-0.2, 0) is 16.6 Å². The number of aromatic carboxylic acids is 1. The number of hydrogen-bond acceptors (Lipinski definition) is 5. The Morgan fingerprint density at radius 3 is 2.27 bits per heavy atom. The van der Waals surface area contributed by atoms with Gasteiger partial charge in [0.1, 0.15) is 23.7 Å². The molecule has 8 heteroatoms. The molecular formula is C22H21NO6S. The summed E-state index contributed by atoms with van der Waals surface area (Å²) < 4.78 is 37.7. The molecule has 0 aliphatic rings. The predicted octanol–water partition coefficient (Wildman–Crippen LogP) is 3.80. The molecule has 0 fully saturated rings. The van der Waals surface area contributed by atoms with E-state index in [0.717, 1.165) is 15.9 Å². The second-order valence-corrected chi connectivity index (χ2v) is 8.38. The van der Waals surface area contributed by atoms with Gasteiger partial charge in [-0.05, 0) is 48.0 Å². The summed E-state index contributed by atoms with van der Waals surface area (Å²) in [4.78, 5) is 11.3. The van der Waals surface area contributed by atoms with Crippen LogP contribution < -0.4 is 13.8 Å². The third-order valence-electron chi connectivity index (χ3n) is 4.51.